The van der Waals surface area contributed by atoms with Crippen molar-refractivity contribution in [3.63, 3.8) is 0 Å². The zero-order valence-corrected chi connectivity index (χ0v) is 15.4. The highest BCUT2D eigenvalue weighted by Crippen LogP contribution is 2.21. The first-order valence-corrected chi connectivity index (χ1v) is 9.56. The van der Waals surface area contributed by atoms with E-state index in [0.717, 1.165) is 31.8 Å². The Morgan fingerprint density at radius 1 is 1.19 bits per heavy atom. The third-order valence-electron chi connectivity index (χ3n) is 5.45. The zero-order valence-electron chi connectivity index (χ0n) is 15.4. The highest BCUT2D eigenvalue weighted by atomic mass is 16.3. The van der Waals surface area contributed by atoms with Gasteiger partial charge in [-0.15, -0.1) is 0 Å². The number of fused-ring (bicyclic) bond motifs is 1. The van der Waals surface area contributed by atoms with Gasteiger partial charge in [-0.1, -0.05) is 24.3 Å². The molecular weight excluding hydrogens is 342 g/mol. The van der Waals surface area contributed by atoms with Crippen LogP contribution in [0.15, 0.2) is 47.1 Å². The minimum absolute atomic E-state index is 0.0131. The van der Waals surface area contributed by atoms with Gasteiger partial charge in [0.25, 0.3) is 0 Å². The molecule has 0 aliphatic carbocycles. The van der Waals surface area contributed by atoms with Gasteiger partial charge in [-0.25, -0.2) is 0 Å². The smallest absolute Gasteiger partial charge is 0.225 e. The van der Waals surface area contributed by atoms with E-state index in [0.29, 0.717) is 19.6 Å². The number of likely N-dealkylation sites (tertiary alicyclic amines) is 1. The predicted molar refractivity (Wildman–Crippen MR) is 101 cm³/mol. The molecule has 0 radical (unpaired) electrons. The maximum Gasteiger partial charge on any atom is 0.225 e. The highest BCUT2D eigenvalue weighted by molar-refractivity contribution is 5.89. The average Bonchev–Trinajstić information content (AvgIpc) is 3.32. The molecule has 1 unspecified atom stereocenters. The third kappa shape index (κ3) is 4.22. The lowest BCUT2D eigenvalue weighted by Gasteiger charge is -2.28. The van der Waals surface area contributed by atoms with Crippen molar-refractivity contribution in [2.24, 2.45) is 5.92 Å². The molecule has 2 amide bonds. The number of rotatable bonds is 6. The molecule has 2 aromatic rings. The molecule has 0 spiro atoms. The van der Waals surface area contributed by atoms with Gasteiger partial charge in [0.15, 0.2) is 0 Å². The number of amides is 2. The molecule has 27 heavy (non-hydrogen) atoms. The van der Waals surface area contributed by atoms with Crippen LogP contribution in [0.2, 0.25) is 0 Å². The molecular formula is C21H25N3O3. The van der Waals surface area contributed by atoms with E-state index in [-0.39, 0.29) is 24.2 Å². The largest absolute Gasteiger partial charge is 0.467 e. The number of nitrogens with zero attached hydrogens (tertiary/aromatic N) is 2. The summed E-state index contributed by atoms with van der Waals surface area (Å²) in [6, 6.07) is 12.2. The van der Waals surface area contributed by atoms with E-state index in [4.69, 9.17) is 4.42 Å². The first kappa shape index (κ1) is 17.8. The van der Waals surface area contributed by atoms with Gasteiger partial charge < -0.3 is 14.6 Å². The monoisotopic (exact) mass is 367 g/mol. The van der Waals surface area contributed by atoms with Gasteiger partial charge in [0.2, 0.25) is 11.8 Å². The summed E-state index contributed by atoms with van der Waals surface area (Å²) in [4.78, 5) is 28.7. The average molecular weight is 367 g/mol. The van der Waals surface area contributed by atoms with E-state index in [9.17, 15) is 9.59 Å². The summed E-state index contributed by atoms with van der Waals surface area (Å²) in [5.41, 5.74) is 2.81. The van der Waals surface area contributed by atoms with Crippen LogP contribution in [0.5, 0.6) is 0 Å². The number of carbonyl (C=O) groups excluding carboxylic acids is 2. The molecule has 1 N–H and O–H groups in total. The molecule has 1 aromatic carbocycles. The lowest BCUT2D eigenvalue weighted by molar-refractivity contribution is -0.129. The second-order valence-electron chi connectivity index (χ2n) is 7.34. The van der Waals surface area contributed by atoms with Gasteiger partial charge in [0, 0.05) is 39.1 Å². The van der Waals surface area contributed by atoms with Crippen LogP contribution in [0, 0.1) is 5.92 Å². The molecule has 0 saturated carbocycles. The molecule has 6 nitrogen and oxygen atoms in total. The number of furan rings is 1. The van der Waals surface area contributed by atoms with Gasteiger partial charge in [-0.05, 0) is 29.7 Å². The summed E-state index contributed by atoms with van der Waals surface area (Å²) in [5.74, 6) is 0.464. The Bertz CT molecular complexity index is 803. The number of benzene rings is 1. The quantitative estimate of drug-likeness (QED) is 0.846. The first-order chi connectivity index (χ1) is 13.2. The molecule has 1 fully saturated rings. The van der Waals surface area contributed by atoms with Crippen LogP contribution in [0.25, 0.3) is 0 Å². The number of hydrogen-bond acceptors (Lipinski definition) is 4. The van der Waals surface area contributed by atoms with Crippen LogP contribution < -0.4 is 5.32 Å². The number of carbonyl (C=O) groups is 2. The van der Waals surface area contributed by atoms with E-state index in [1.807, 2.05) is 6.07 Å². The van der Waals surface area contributed by atoms with Crippen molar-refractivity contribution in [2.75, 3.05) is 26.2 Å². The number of hydrogen-bond donors (Lipinski definition) is 1. The molecule has 1 saturated heterocycles. The summed E-state index contributed by atoms with van der Waals surface area (Å²) in [6.07, 6.45) is 2.94. The maximum absolute atomic E-state index is 12.4. The molecule has 3 heterocycles. The minimum atomic E-state index is -0.269. The lowest BCUT2D eigenvalue weighted by atomic mass is 10.00. The van der Waals surface area contributed by atoms with Crippen LogP contribution in [-0.2, 0) is 29.1 Å². The molecule has 1 atom stereocenters. The Hall–Kier alpha value is -2.60. The van der Waals surface area contributed by atoms with Crippen LogP contribution in [0.4, 0.5) is 0 Å². The van der Waals surface area contributed by atoms with E-state index in [1.54, 1.807) is 17.2 Å². The third-order valence-corrected chi connectivity index (χ3v) is 5.45. The van der Waals surface area contributed by atoms with Crippen molar-refractivity contribution in [3.05, 3.63) is 59.5 Å². The fourth-order valence-electron chi connectivity index (χ4n) is 3.92. The van der Waals surface area contributed by atoms with Crippen molar-refractivity contribution in [1.29, 1.82) is 0 Å². The second-order valence-corrected chi connectivity index (χ2v) is 7.34. The molecule has 2 aliphatic rings. The normalized spacial score (nSPS) is 19.9. The Morgan fingerprint density at radius 2 is 2.04 bits per heavy atom. The first-order valence-electron chi connectivity index (χ1n) is 9.56. The predicted octanol–water partition coefficient (Wildman–Crippen LogP) is 1.80. The van der Waals surface area contributed by atoms with E-state index < -0.39 is 0 Å². The van der Waals surface area contributed by atoms with Crippen molar-refractivity contribution in [3.8, 4) is 0 Å². The van der Waals surface area contributed by atoms with Gasteiger partial charge in [0.1, 0.15) is 5.76 Å². The van der Waals surface area contributed by atoms with Crippen LogP contribution in [-0.4, -0.2) is 47.8 Å². The second kappa shape index (κ2) is 7.96. The van der Waals surface area contributed by atoms with Crippen LogP contribution >= 0.6 is 0 Å². The highest BCUT2D eigenvalue weighted by Gasteiger charge is 2.34. The molecule has 0 bridgehead atoms. The Morgan fingerprint density at radius 3 is 2.85 bits per heavy atom. The minimum Gasteiger partial charge on any atom is -0.467 e. The Labute approximate surface area is 159 Å². The maximum atomic E-state index is 12.4. The topological polar surface area (TPSA) is 65.8 Å². The van der Waals surface area contributed by atoms with E-state index in [1.165, 1.54) is 11.1 Å². The van der Waals surface area contributed by atoms with Gasteiger partial charge in [0.05, 0.1) is 18.7 Å². The van der Waals surface area contributed by atoms with Gasteiger partial charge in [-0.2, -0.15) is 0 Å². The summed E-state index contributed by atoms with van der Waals surface area (Å²) in [6.45, 7) is 4.29. The summed E-state index contributed by atoms with van der Waals surface area (Å²) in [5, 5.41) is 3.01. The molecule has 142 valence electrons. The van der Waals surface area contributed by atoms with Crippen molar-refractivity contribution < 1.29 is 14.0 Å². The van der Waals surface area contributed by atoms with Crippen molar-refractivity contribution in [1.82, 2.24) is 15.1 Å². The van der Waals surface area contributed by atoms with Gasteiger partial charge in [-0.3, -0.25) is 14.5 Å². The van der Waals surface area contributed by atoms with Crippen molar-refractivity contribution in [2.45, 2.75) is 25.9 Å². The Balaban J connectivity index is 1.21. The molecule has 1 aromatic heterocycles. The van der Waals surface area contributed by atoms with Gasteiger partial charge >= 0.3 is 0 Å². The van der Waals surface area contributed by atoms with E-state index >= 15 is 0 Å². The SMILES string of the molecule is O=C(NCCN1CCc2ccccc2C1)C1CC(=O)N(Cc2ccco2)C1. The standard InChI is InChI=1S/C21H25N3O3/c25-20-12-18(14-24(20)15-19-6-3-11-27-19)21(26)22-8-10-23-9-7-16-4-1-2-5-17(16)13-23/h1-6,11,18H,7-10,12-15H2,(H,22,26). The van der Waals surface area contributed by atoms with E-state index in [2.05, 4.69) is 34.5 Å². The lowest BCUT2D eigenvalue weighted by Crippen LogP contribution is -2.40. The fraction of sp³-hybridized carbons (Fsp3) is 0.429. The summed E-state index contributed by atoms with van der Waals surface area (Å²) in [7, 11) is 0. The molecule has 6 heteroatoms. The molecule has 2 aliphatic heterocycles. The van der Waals surface area contributed by atoms with Crippen LogP contribution in [0.1, 0.15) is 23.3 Å². The Kier molecular flexibility index (Phi) is 5.25. The van der Waals surface area contributed by atoms with Crippen molar-refractivity contribution >= 4 is 11.8 Å². The fourth-order valence-corrected chi connectivity index (χ4v) is 3.92. The van der Waals surface area contributed by atoms with Crippen LogP contribution in [0.3, 0.4) is 0 Å². The molecule has 4 rings (SSSR count). The summed E-state index contributed by atoms with van der Waals surface area (Å²) < 4.78 is 5.30. The summed E-state index contributed by atoms with van der Waals surface area (Å²) >= 11 is 0. The zero-order chi connectivity index (χ0) is 18.6. The number of nitrogens with one attached hydrogen (secondary N) is 1.